The molecule has 0 aliphatic carbocycles. The van der Waals surface area contributed by atoms with Crippen molar-refractivity contribution in [2.75, 3.05) is 18.0 Å². The van der Waals surface area contributed by atoms with Gasteiger partial charge < -0.3 is 15.4 Å². The maximum absolute atomic E-state index is 13.1. The van der Waals surface area contributed by atoms with E-state index < -0.39 is 5.91 Å². The number of ether oxygens (including phenoxy) is 1. The molecule has 1 saturated heterocycles. The largest absolute Gasteiger partial charge is 0.367 e. The summed E-state index contributed by atoms with van der Waals surface area (Å²) in [6.07, 6.45) is 1.14. The molecule has 2 heterocycles. The first-order valence-electron chi connectivity index (χ1n) is 7.55. The van der Waals surface area contributed by atoms with Gasteiger partial charge in [-0.15, -0.1) is 0 Å². The van der Waals surface area contributed by atoms with Gasteiger partial charge in [0.2, 0.25) is 5.91 Å². The molecule has 1 amide bonds. The fourth-order valence-corrected chi connectivity index (χ4v) is 3.07. The summed E-state index contributed by atoms with van der Waals surface area (Å²) in [6.45, 7) is 3.09. The fraction of sp³-hybridized carbons (Fsp3) is 0.294. The van der Waals surface area contributed by atoms with Gasteiger partial charge in [0.25, 0.3) is 0 Å². The second-order valence-corrected chi connectivity index (χ2v) is 6.19. The molecule has 1 aromatic heterocycles. The monoisotopic (exact) mass is 349 g/mol. The Bertz CT molecular complexity index is 754. The highest BCUT2D eigenvalue weighted by Gasteiger charge is 2.28. The average molecular weight is 350 g/mol. The van der Waals surface area contributed by atoms with Gasteiger partial charge in [-0.25, -0.2) is 9.37 Å². The number of nitrogens with zero attached hydrogens (tertiary/aromatic N) is 2. The normalized spacial score (nSPS) is 20.9. The summed E-state index contributed by atoms with van der Waals surface area (Å²) < 4.78 is 19.1. The molecule has 1 aromatic carbocycles. The molecule has 5 nitrogen and oxygen atoms in total. The number of primary amides is 1. The van der Waals surface area contributed by atoms with Gasteiger partial charge in [-0.2, -0.15) is 0 Å². The van der Waals surface area contributed by atoms with Gasteiger partial charge in [0, 0.05) is 19.3 Å². The molecule has 1 aliphatic heterocycles. The van der Waals surface area contributed by atoms with Crippen LogP contribution in [0.2, 0.25) is 5.02 Å². The highest BCUT2D eigenvalue weighted by atomic mass is 35.5. The number of carbonyl (C=O) groups is 1. The summed E-state index contributed by atoms with van der Waals surface area (Å²) in [4.78, 5) is 17.5. The molecule has 2 N–H and O–H groups in total. The first kappa shape index (κ1) is 16.7. The van der Waals surface area contributed by atoms with E-state index in [1.165, 1.54) is 24.4 Å². The molecular formula is C17H17ClFN3O2. The Morgan fingerprint density at radius 1 is 1.38 bits per heavy atom. The van der Waals surface area contributed by atoms with Crippen molar-refractivity contribution in [3.8, 4) is 0 Å². The van der Waals surface area contributed by atoms with E-state index in [1.807, 2.05) is 11.8 Å². The Labute approximate surface area is 144 Å². The van der Waals surface area contributed by atoms with E-state index in [9.17, 15) is 9.18 Å². The molecule has 3 rings (SSSR count). The smallest absolute Gasteiger partial charge is 0.250 e. The van der Waals surface area contributed by atoms with Crippen molar-refractivity contribution in [3.05, 3.63) is 58.5 Å². The van der Waals surface area contributed by atoms with Crippen LogP contribution in [0, 0.1) is 5.82 Å². The molecule has 0 bridgehead atoms. The molecule has 0 spiro atoms. The lowest BCUT2D eigenvalue weighted by Crippen LogP contribution is -2.43. The Balaban J connectivity index is 1.85. The molecule has 1 aliphatic rings. The number of anilines is 1. The molecular weight excluding hydrogens is 333 g/mol. The van der Waals surface area contributed by atoms with Crippen molar-refractivity contribution in [2.24, 2.45) is 5.73 Å². The summed E-state index contributed by atoms with van der Waals surface area (Å²) in [6, 6.07) is 7.76. The second kappa shape index (κ2) is 6.75. The number of halogens is 2. The van der Waals surface area contributed by atoms with E-state index in [4.69, 9.17) is 22.1 Å². The molecule has 0 radical (unpaired) electrons. The Hall–Kier alpha value is -2.18. The maximum atomic E-state index is 13.1. The number of rotatable bonds is 3. The molecule has 7 heteroatoms. The van der Waals surface area contributed by atoms with Crippen molar-refractivity contribution in [3.63, 3.8) is 0 Å². The number of nitrogens with two attached hydrogens (primary N) is 1. The molecule has 2 unspecified atom stereocenters. The number of morpholine rings is 1. The van der Waals surface area contributed by atoms with Gasteiger partial charge in [0.15, 0.2) is 0 Å². The van der Waals surface area contributed by atoms with E-state index in [1.54, 1.807) is 12.1 Å². The Morgan fingerprint density at radius 3 is 2.71 bits per heavy atom. The van der Waals surface area contributed by atoms with Crippen LogP contribution in [0.3, 0.4) is 0 Å². The standard InChI is InChI=1S/C17H17ClFN3O2/c1-10-8-22(17-14(18)6-12(7-21-17)16(20)23)9-15(24-10)11-2-4-13(19)5-3-11/h2-7,10,15H,8-9H2,1H3,(H2,20,23). The first-order chi connectivity index (χ1) is 11.4. The number of aromatic nitrogens is 1. The topological polar surface area (TPSA) is 68.5 Å². The number of benzene rings is 1. The van der Waals surface area contributed by atoms with Crippen LogP contribution >= 0.6 is 11.6 Å². The van der Waals surface area contributed by atoms with Crippen molar-refractivity contribution in [1.29, 1.82) is 0 Å². The highest BCUT2D eigenvalue weighted by molar-refractivity contribution is 6.33. The molecule has 0 saturated carbocycles. The number of hydrogen-bond acceptors (Lipinski definition) is 4. The fourth-order valence-electron chi connectivity index (χ4n) is 2.78. The molecule has 2 aromatic rings. The van der Waals surface area contributed by atoms with Crippen LogP contribution in [0.1, 0.15) is 28.9 Å². The van der Waals surface area contributed by atoms with Crippen LogP contribution in [0.15, 0.2) is 36.5 Å². The van der Waals surface area contributed by atoms with Crippen molar-refractivity contribution in [1.82, 2.24) is 4.98 Å². The third-order valence-electron chi connectivity index (χ3n) is 3.91. The zero-order chi connectivity index (χ0) is 17.3. The van der Waals surface area contributed by atoms with Gasteiger partial charge in [0.05, 0.1) is 16.7 Å². The third-order valence-corrected chi connectivity index (χ3v) is 4.19. The van der Waals surface area contributed by atoms with Crippen molar-refractivity contribution in [2.45, 2.75) is 19.1 Å². The minimum Gasteiger partial charge on any atom is -0.367 e. The van der Waals surface area contributed by atoms with E-state index in [2.05, 4.69) is 4.98 Å². The minimum atomic E-state index is -0.574. The van der Waals surface area contributed by atoms with Gasteiger partial charge >= 0.3 is 0 Å². The summed E-state index contributed by atoms with van der Waals surface area (Å²) >= 11 is 6.27. The summed E-state index contributed by atoms with van der Waals surface area (Å²) in [5, 5.41) is 0.359. The molecule has 2 atom stereocenters. The van der Waals surface area contributed by atoms with Gasteiger partial charge in [-0.1, -0.05) is 23.7 Å². The average Bonchev–Trinajstić information content (AvgIpc) is 2.54. The molecule has 126 valence electrons. The minimum absolute atomic E-state index is 0.0533. The SMILES string of the molecule is CC1CN(c2ncc(C(N)=O)cc2Cl)CC(c2ccc(F)cc2)O1. The summed E-state index contributed by atoms with van der Waals surface area (Å²) in [5.41, 5.74) is 6.39. The Kier molecular flexibility index (Phi) is 4.69. The van der Waals surface area contributed by atoms with E-state index in [0.717, 1.165) is 5.56 Å². The Morgan fingerprint density at radius 2 is 2.08 bits per heavy atom. The second-order valence-electron chi connectivity index (χ2n) is 5.79. The highest BCUT2D eigenvalue weighted by Crippen LogP contribution is 2.31. The van der Waals surface area contributed by atoms with Crippen LogP contribution in [-0.4, -0.2) is 30.1 Å². The lowest BCUT2D eigenvalue weighted by molar-refractivity contribution is -0.0176. The summed E-state index contributed by atoms with van der Waals surface area (Å²) in [5.74, 6) is -0.286. The molecule has 1 fully saturated rings. The number of pyridine rings is 1. The number of amides is 1. The third kappa shape index (κ3) is 3.49. The van der Waals surface area contributed by atoms with Gasteiger partial charge in [0.1, 0.15) is 17.7 Å². The van der Waals surface area contributed by atoms with Crippen LogP contribution in [0.5, 0.6) is 0 Å². The lowest BCUT2D eigenvalue weighted by Gasteiger charge is -2.38. The predicted molar refractivity (Wildman–Crippen MR) is 89.7 cm³/mol. The van der Waals surface area contributed by atoms with Crippen LogP contribution in [0.25, 0.3) is 0 Å². The van der Waals surface area contributed by atoms with Crippen molar-refractivity contribution < 1.29 is 13.9 Å². The molecule has 24 heavy (non-hydrogen) atoms. The predicted octanol–water partition coefficient (Wildman–Crippen LogP) is 2.94. The quantitative estimate of drug-likeness (QED) is 0.925. The summed E-state index contributed by atoms with van der Waals surface area (Å²) in [7, 11) is 0. The van der Waals surface area contributed by atoms with E-state index in [-0.39, 0.29) is 23.6 Å². The maximum Gasteiger partial charge on any atom is 0.250 e. The number of carbonyl (C=O) groups excluding carboxylic acids is 1. The number of hydrogen-bond donors (Lipinski definition) is 1. The zero-order valence-corrected chi connectivity index (χ0v) is 13.8. The lowest BCUT2D eigenvalue weighted by atomic mass is 10.1. The zero-order valence-electron chi connectivity index (χ0n) is 13.1. The van der Waals surface area contributed by atoms with Gasteiger partial charge in [-0.05, 0) is 30.7 Å². The van der Waals surface area contributed by atoms with E-state index >= 15 is 0 Å². The van der Waals surface area contributed by atoms with Crippen LogP contribution in [0.4, 0.5) is 10.2 Å². The first-order valence-corrected chi connectivity index (χ1v) is 7.93. The van der Waals surface area contributed by atoms with Gasteiger partial charge in [-0.3, -0.25) is 4.79 Å². The van der Waals surface area contributed by atoms with Crippen LogP contribution < -0.4 is 10.6 Å². The van der Waals surface area contributed by atoms with Crippen molar-refractivity contribution >= 4 is 23.3 Å². The van der Waals surface area contributed by atoms with Crippen LogP contribution in [-0.2, 0) is 4.74 Å². The van der Waals surface area contributed by atoms with E-state index in [0.29, 0.717) is 23.9 Å².